The number of carbonyl (C=O) groups excluding carboxylic acids is 2. The molecule has 2 amide bonds. The summed E-state index contributed by atoms with van der Waals surface area (Å²) in [4.78, 5) is 26.6. The fraction of sp³-hybridized carbons (Fsp3) is 0.462. The number of nitrogens with zero attached hydrogens (tertiary/aromatic N) is 1. The predicted octanol–water partition coefficient (Wildman–Crippen LogP) is 1.25. The number of aromatic nitrogens is 1. The lowest BCUT2D eigenvalue weighted by Crippen LogP contribution is -2.19. The topological polar surface area (TPSA) is 89.6 Å². The molecule has 0 aliphatic carbocycles. The van der Waals surface area contributed by atoms with Crippen LogP contribution >= 0.6 is 11.8 Å². The molecular formula is C13H19N3O4S. The minimum absolute atomic E-state index is 0.0824. The maximum Gasteiger partial charge on any atom is 0.240 e. The summed E-state index contributed by atoms with van der Waals surface area (Å²) in [5.41, 5.74) is 0.496. The van der Waals surface area contributed by atoms with Crippen LogP contribution in [0.2, 0.25) is 0 Å². The van der Waals surface area contributed by atoms with Gasteiger partial charge in [-0.1, -0.05) is 0 Å². The Morgan fingerprint density at radius 2 is 2.05 bits per heavy atom. The third-order valence-corrected chi connectivity index (χ3v) is 3.25. The molecule has 0 saturated heterocycles. The molecule has 8 heteroatoms. The fourth-order valence-corrected chi connectivity index (χ4v) is 2.17. The third-order valence-electron chi connectivity index (χ3n) is 2.41. The van der Waals surface area contributed by atoms with Gasteiger partial charge in [0.2, 0.25) is 23.6 Å². The highest BCUT2D eigenvalue weighted by molar-refractivity contribution is 7.99. The van der Waals surface area contributed by atoms with Crippen LogP contribution in [0.3, 0.4) is 0 Å². The monoisotopic (exact) mass is 313 g/mol. The number of amides is 2. The number of carbonyl (C=O) groups is 2. The van der Waals surface area contributed by atoms with E-state index in [0.29, 0.717) is 35.5 Å². The first-order chi connectivity index (χ1) is 10.1. The van der Waals surface area contributed by atoms with Crippen molar-refractivity contribution in [3.8, 4) is 11.8 Å². The average Bonchev–Trinajstić information content (AvgIpc) is 2.47. The first-order valence-corrected chi connectivity index (χ1v) is 7.43. The van der Waals surface area contributed by atoms with Crippen LogP contribution < -0.4 is 20.1 Å². The number of anilines is 1. The van der Waals surface area contributed by atoms with Crippen LogP contribution in [0.25, 0.3) is 0 Å². The number of ether oxygens (including phenoxy) is 2. The molecule has 0 aliphatic heterocycles. The standard InChI is InChI=1S/C13H19N3O4S/c1-9(17)14-8-21-7-6-11(18)15-10-4-5-12(19-2)16-13(10)20-3/h4-5H,6-8H2,1-3H3,(H,14,17)(H,15,18). The van der Waals surface area contributed by atoms with E-state index in [0.717, 1.165) is 0 Å². The van der Waals surface area contributed by atoms with Crippen LogP contribution in [0.15, 0.2) is 12.1 Å². The molecule has 21 heavy (non-hydrogen) atoms. The van der Waals surface area contributed by atoms with Gasteiger partial charge in [-0.25, -0.2) is 0 Å². The number of nitrogens with one attached hydrogen (secondary N) is 2. The van der Waals surface area contributed by atoms with Crippen LogP contribution in [0.5, 0.6) is 11.8 Å². The zero-order chi connectivity index (χ0) is 15.7. The third kappa shape index (κ3) is 6.35. The summed E-state index contributed by atoms with van der Waals surface area (Å²) in [6.07, 6.45) is 0.333. The molecule has 116 valence electrons. The molecule has 1 aromatic rings. The summed E-state index contributed by atoms with van der Waals surface area (Å²) in [6.45, 7) is 1.45. The van der Waals surface area contributed by atoms with E-state index in [4.69, 9.17) is 9.47 Å². The van der Waals surface area contributed by atoms with E-state index in [1.54, 1.807) is 12.1 Å². The quantitative estimate of drug-likeness (QED) is 0.555. The second kappa shape index (κ2) is 9.06. The van der Waals surface area contributed by atoms with Gasteiger partial charge < -0.3 is 20.1 Å². The van der Waals surface area contributed by atoms with Crippen molar-refractivity contribution in [1.82, 2.24) is 10.3 Å². The van der Waals surface area contributed by atoms with Crippen molar-refractivity contribution in [2.45, 2.75) is 13.3 Å². The molecule has 1 rings (SSSR count). The van der Waals surface area contributed by atoms with Crippen molar-refractivity contribution >= 4 is 29.3 Å². The second-order valence-corrected chi connectivity index (χ2v) is 5.10. The van der Waals surface area contributed by atoms with Gasteiger partial charge >= 0.3 is 0 Å². The van der Waals surface area contributed by atoms with E-state index >= 15 is 0 Å². The van der Waals surface area contributed by atoms with Gasteiger partial charge in [0.15, 0.2) is 0 Å². The highest BCUT2D eigenvalue weighted by atomic mass is 32.2. The van der Waals surface area contributed by atoms with Gasteiger partial charge in [-0.3, -0.25) is 9.59 Å². The Labute approximate surface area is 127 Å². The van der Waals surface area contributed by atoms with Gasteiger partial charge in [-0.15, -0.1) is 11.8 Å². The first kappa shape index (κ1) is 17.1. The summed E-state index contributed by atoms with van der Waals surface area (Å²) < 4.78 is 10.1. The molecule has 0 saturated carbocycles. The SMILES string of the molecule is COc1ccc(NC(=O)CCSCNC(C)=O)c(OC)n1. The fourth-order valence-electron chi connectivity index (χ4n) is 1.39. The molecule has 7 nitrogen and oxygen atoms in total. The molecule has 0 unspecified atom stereocenters. The minimum Gasteiger partial charge on any atom is -0.481 e. The van der Waals surface area contributed by atoms with E-state index < -0.39 is 0 Å². The maximum absolute atomic E-state index is 11.8. The normalized spacial score (nSPS) is 9.86. The number of thioether (sulfide) groups is 1. The summed E-state index contributed by atoms with van der Waals surface area (Å²) >= 11 is 1.48. The second-order valence-electron chi connectivity index (χ2n) is 3.99. The van der Waals surface area contributed by atoms with E-state index in [1.165, 1.54) is 32.9 Å². The minimum atomic E-state index is -0.143. The van der Waals surface area contributed by atoms with Crippen molar-refractivity contribution in [2.75, 3.05) is 31.2 Å². The van der Waals surface area contributed by atoms with E-state index in [9.17, 15) is 9.59 Å². The van der Waals surface area contributed by atoms with Gasteiger partial charge in [-0.2, -0.15) is 4.98 Å². The van der Waals surface area contributed by atoms with Crippen molar-refractivity contribution in [2.24, 2.45) is 0 Å². The molecule has 2 N–H and O–H groups in total. The van der Waals surface area contributed by atoms with Gasteiger partial charge in [0.25, 0.3) is 0 Å². The lowest BCUT2D eigenvalue weighted by atomic mass is 10.3. The lowest BCUT2D eigenvalue weighted by molar-refractivity contribution is -0.118. The number of hydrogen-bond acceptors (Lipinski definition) is 6. The molecule has 1 heterocycles. The summed E-state index contributed by atoms with van der Waals surface area (Å²) in [6, 6.07) is 3.32. The summed E-state index contributed by atoms with van der Waals surface area (Å²) in [5, 5.41) is 5.38. The van der Waals surface area contributed by atoms with Crippen molar-refractivity contribution in [3.05, 3.63) is 12.1 Å². The Kier molecular flexibility index (Phi) is 7.38. The molecular weight excluding hydrogens is 294 g/mol. The van der Waals surface area contributed by atoms with Gasteiger partial charge in [0.1, 0.15) is 5.69 Å². The number of methoxy groups -OCH3 is 2. The lowest BCUT2D eigenvalue weighted by Gasteiger charge is -2.10. The van der Waals surface area contributed by atoms with Crippen LogP contribution in [0, 0.1) is 0 Å². The zero-order valence-electron chi connectivity index (χ0n) is 12.3. The summed E-state index contributed by atoms with van der Waals surface area (Å²) in [7, 11) is 2.98. The molecule has 0 spiro atoms. The molecule has 0 aliphatic rings. The smallest absolute Gasteiger partial charge is 0.240 e. The first-order valence-electron chi connectivity index (χ1n) is 6.28. The van der Waals surface area contributed by atoms with Gasteiger partial charge in [-0.05, 0) is 6.07 Å². The highest BCUT2D eigenvalue weighted by Crippen LogP contribution is 2.24. The maximum atomic E-state index is 11.8. The molecule has 0 atom stereocenters. The van der Waals surface area contributed by atoms with E-state index in [1.807, 2.05) is 0 Å². The molecule has 1 aromatic heterocycles. The van der Waals surface area contributed by atoms with Crippen molar-refractivity contribution in [1.29, 1.82) is 0 Å². The summed E-state index contributed by atoms with van der Waals surface area (Å²) in [5.74, 6) is 1.59. The Bertz CT molecular complexity index is 496. The van der Waals surface area contributed by atoms with Crippen LogP contribution in [-0.4, -0.2) is 42.6 Å². The number of hydrogen-bond donors (Lipinski definition) is 2. The zero-order valence-corrected chi connectivity index (χ0v) is 13.1. The van der Waals surface area contributed by atoms with Gasteiger partial charge in [0, 0.05) is 25.2 Å². The predicted molar refractivity (Wildman–Crippen MR) is 81.7 cm³/mol. The van der Waals surface area contributed by atoms with Crippen LogP contribution in [-0.2, 0) is 9.59 Å². The van der Waals surface area contributed by atoms with Crippen molar-refractivity contribution < 1.29 is 19.1 Å². The average molecular weight is 313 g/mol. The molecule has 0 fully saturated rings. The molecule has 0 bridgehead atoms. The molecule has 0 aromatic carbocycles. The highest BCUT2D eigenvalue weighted by Gasteiger charge is 2.10. The van der Waals surface area contributed by atoms with Crippen LogP contribution in [0.1, 0.15) is 13.3 Å². The largest absolute Gasteiger partial charge is 0.481 e. The van der Waals surface area contributed by atoms with Gasteiger partial charge in [0.05, 0.1) is 20.1 Å². The Balaban J connectivity index is 2.42. The Morgan fingerprint density at radius 3 is 2.67 bits per heavy atom. The Morgan fingerprint density at radius 1 is 1.29 bits per heavy atom. The number of rotatable bonds is 8. The Hall–Kier alpha value is -1.96. The van der Waals surface area contributed by atoms with Crippen molar-refractivity contribution in [3.63, 3.8) is 0 Å². The molecule has 0 radical (unpaired) electrons. The van der Waals surface area contributed by atoms with E-state index in [-0.39, 0.29) is 11.8 Å². The van der Waals surface area contributed by atoms with E-state index in [2.05, 4.69) is 15.6 Å². The van der Waals surface area contributed by atoms with Crippen LogP contribution in [0.4, 0.5) is 5.69 Å². The number of pyridine rings is 1.